The van der Waals surface area contributed by atoms with Gasteiger partial charge in [-0.15, -0.1) is 10.2 Å². The van der Waals surface area contributed by atoms with Gasteiger partial charge in [0.15, 0.2) is 0 Å². The van der Waals surface area contributed by atoms with E-state index in [2.05, 4.69) is 29.4 Å². The molecule has 6 nitrogen and oxygen atoms in total. The first-order valence-corrected chi connectivity index (χ1v) is 7.97. The summed E-state index contributed by atoms with van der Waals surface area (Å²) in [5.41, 5.74) is 0. The lowest BCUT2D eigenvalue weighted by atomic mass is 10.1. The smallest absolute Gasteiger partial charge is 0.323 e. The zero-order chi connectivity index (χ0) is 15.0. The third kappa shape index (κ3) is 4.72. The second-order valence-electron chi connectivity index (χ2n) is 4.60. The summed E-state index contributed by atoms with van der Waals surface area (Å²) in [7, 11) is 0. The van der Waals surface area contributed by atoms with Gasteiger partial charge < -0.3 is 10.0 Å². The molecule has 0 saturated carbocycles. The van der Waals surface area contributed by atoms with Gasteiger partial charge in [-0.2, -0.15) is 0 Å². The molecule has 2 amide bonds. The van der Waals surface area contributed by atoms with Crippen LogP contribution in [0.3, 0.4) is 0 Å². The van der Waals surface area contributed by atoms with Crippen molar-refractivity contribution in [3.63, 3.8) is 0 Å². The van der Waals surface area contributed by atoms with Crippen molar-refractivity contribution in [2.24, 2.45) is 0 Å². The first kappa shape index (κ1) is 16.8. The predicted octanol–water partition coefficient (Wildman–Crippen LogP) is 2.68. The van der Waals surface area contributed by atoms with E-state index in [-0.39, 0.29) is 12.6 Å². The highest BCUT2D eigenvalue weighted by Gasteiger charge is 2.17. The van der Waals surface area contributed by atoms with Crippen LogP contribution in [0.4, 0.5) is 9.93 Å². The summed E-state index contributed by atoms with van der Waals surface area (Å²) in [5.74, 6) is 0.405. The molecule has 7 heteroatoms. The number of carbonyl (C=O) groups is 1. The number of anilines is 1. The Kier molecular flexibility index (Phi) is 7.46. The molecule has 0 aliphatic rings. The summed E-state index contributed by atoms with van der Waals surface area (Å²) in [6.07, 6.45) is 2.89. The molecule has 0 aliphatic carbocycles. The van der Waals surface area contributed by atoms with Crippen molar-refractivity contribution < 1.29 is 9.90 Å². The fraction of sp³-hybridized carbons (Fsp3) is 0.769. The maximum atomic E-state index is 12.1. The first-order chi connectivity index (χ1) is 9.65. The topological polar surface area (TPSA) is 78.4 Å². The number of hydrogen-bond acceptors (Lipinski definition) is 5. The lowest BCUT2D eigenvalue weighted by Gasteiger charge is -2.20. The van der Waals surface area contributed by atoms with Crippen molar-refractivity contribution in [3.05, 3.63) is 5.01 Å². The number of urea groups is 1. The summed E-state index contributed by atoms with van der Waals surface area (Å²) < 4.78 is 0. The van der Waals surface area contributed by atoms with Gasteiger partial charge in [-0.3, -0.25) is 5.32 Å². The fourth-order valence-electron chi connectivity index (χ4n) is 1.96. The summed E-state index contributed by atoms with van der Waals surface area (Å²) in [6, 6.07) is -0.229. The normalized spacial score (nSPS) is 10.8. The molecule has 0 fully saturated rings. The molecule has 0 spiro atoms. The zero-order valence-electron chi connectivity index (χ0n) is 12.4. The van der Waals surface area contributed by atoms with Crippen molar-refractivity contribution in [3.8, 4) is 0 Å². The summed E-state index contributed by atoms with van der Waals surface area (Å²) in [6.45, 7) is 7.15. The number of nitrogens with zero attached hydrogens (tertiary/aromatic N) is 3. The number of aliphatic hydroxyl groups excluding tert-OH is 1. The molecular weight excluding hydrogens is 276 g/mol. The van der Waals surface area contributed by atoms with E-state index in [1.54, 1.807) is 4.90 Å². The van der Waals surface area contributed by atoms with Gasteiger partial charge in [-0.25, -0.2) is 4.79 Å². The van der Waals surface area contributed by atoms with E-state index in [1.807, 2.05) is 6.92 Å². The Balaban J connectivity index is 2.65. The Labute approximate surface area is 124 Å². The second-order valence-corrected chi connectivity index (χ2v) is 5.61. The van der Waals surface area contributed by atoms with Crippen molar-refractivity contribution in [2.75, 3.05) is 25.0 Å². The van der Waals surface area contributed by atoms with Gasteiger partial charge in [-0.05, 0) is 19.3 Å². The molecule has 2 N–H and O–H groups in total. The van der Waals surface area contributed by atoms with Crippen LogP contribution in [0.1, 0.15) is 51.0 Å². The molecule has 20 heavy (non-hydrogen) atoms. The molecule has 1 aromatic rings. The van der Waals surface area contributed by atoms with Gasteiger partial charge in [0.1, 0.15) is 5.01 Å². The molecule has 1 rings (SSSR count). The monoisotopic (exact) mass is 300 g/mol. The van der Waals surface area contributed by atoms with Crippen molar-refractivity contribution in [2.45, 2.75) is 46.0 Å². The van der Waals surface area contributed by atoms with E-state index in [0.717, 1.165) is 24.3 Å². The standard InChI is InChI=1S/C13H24N4O2S/c1-4-7-17(8-9-18)13(19)14-12-16-15-11(20-12)10(5-2)6-3/h10,18H,4-9H2,1-3H3,(H,14,16,19). The molecule has 0 radical (unpaired) electrons. The second kappa shape index (κ2) is 8.86. The van der Waals surface area contributed by atoms with E-state index in [1.165, 1.54) is 11.3 Å². The third-order valence-corrected chi connectivity index (χ3v) is 4.14. The van der Waals surface area contributed by atoms with Crippen LogP contribution in [0.15, 0.2) is 0 Å². The molecule has 1 aromatic heterocycles. The van der Waals surface area contributed by atoms with Crippen LogP contribution in [0.25, 0.3) is 0 Å². The number of rotatable bonds is 8. The van der Waals surface area contributed by atoms with Crippen LogP contribution in [0.5, 0.6) is 0 Å². The van der Waals surface area contributed by atoms with Crippen LogP contribution in [0.2, 0.25) is 0 Å². The van der Waals surface area contributed by atoms with Gasteiger partial charge >= 0.3 is 6.03 Å². The SMILES string of the molecule is CCCN(CCO)C(=O)Nc1nnc(C(CC)CC)s1. The zero-order valence-corrected chi connectivity index (χ0v) is 13.2. The lowest BCUT2D eigenvalue weighted by Crippen LogP contribution is -2.37. The minimum absolute atomic E-state index is 0.0392. The van der Waals surface area contributed by atoms with E-state index < -0.39 is 0 Å². The van der Waals surface area contributed by atoms with Gasteiger partial charge in [0, 0.05) is 19.0 Å². The average Bonchev–Trinajstić information content (AvgIpc) is 2.88. The highest BCUT2D eigenvalue weighted by atomic mass is 32.1. The highest BCUT2D eigenvalue weighted by molar-refractivity contribution is 7.15. The van der Waals surface area contributed by atoms with E-state index in [9.17, 15) is 4.79 Å². The number of aromatic nitrogens is 2. The van der Waals surface area contributed by atoms with Crippen molar-refractivity contribution >= 4 is 22.5 Å². The van der Waals surface area contributed by atoms with Gasteiger partial charge in [0.05, 0.1) is 6.61 Å². The Hall–Kier alpha value is -1.21. The average molecular weight is 300 g/mol. The number of carbonyl (C=O) groups excluding carboxylic acids is 1. The van der Waals surface area contributed by atoms with Crippen LogP contribution in [-0.2, 0) is 0 Å². The molecule has 0 aliphatic heterocycles. The Morgan fingerprint density at radius 3 is 2.55 bits per heavy atom. The van der Waals surface area contributed by atoms with E-state index in [0.29, 0.717) is 24.1 Å². The van der Waals surface area contributed by atoms with E-state index >= 15 is 0 Å². The third-order valence-electron chi connectivity index (χ3n) is 3.14. The molecule has 0 unspecified atom stereocenters. The summed E-state index contributed by atoms with van der Waals surface area (Å²) in [4.78, 5) is 13.6. The predicted molar refractivity (Wildman–Crippen MR) is 81.2 cm³/mol. The molecule has 1 heterocycles. The van der Waals surface area contributed by atoms with Gasteiger partial charge in [0.2, 0.25) is 5.13 Å². The number of nitrogens with one attached hydrogen (secondary N) is 1. The molecule has 0 saturated heterocycles. The van der Waals surface area contributed by atoms with Gasteiger partial charge in [0.25, 0.3) is 0 Å². The van der Waals surface area contributed by atoms with Crippen LogP contribution >= 0.6 is 11.3 Å². The number of hydrogen-bond donors (Lipinski definition) is 2. The first-order valence-electron chi connectivity index (χ1n) is 7.16. The number of aliphatic hydroxyl groups is 1. The Morgan fingerprint density at radius 1 is 1.30 bits per heavy atom. The minimum atomic E-state index is -0.229. The number of amides is 2. The van der Waals surface area contributed by atoms with E-state index in [4.69, 9.17) is 5.11 Å². The molecule has 0 aromatic carbocycles. The van der Waals surface area contributed by atoms with Gasteiger partial charge in [-0.1, -0.05) is 32.1 Å². The quantitative estimate of drug-likeness (QED) is 0.773. The van der Waals surface area contributed by atoms with Crippen molar-refractivity contribution in [1.82, 2.24) is 15.1 Å². The molecular formula is C13H24N4O2S. The van der Waals surface area contributed by atoms with Crippen LogP contribution < -0.4 is 5.32 Å². The Bertz CT molecular complexity index is 401. The maximum Gasteiger partial charge on any atom is 0.323 e. The fourth-order valence-corrected chi connectivity index (χ4v) is 2.96. The summed E-state index contributed by atoms with van der Waals surface area (Å²) in [5, 5.41) is 21.4. The highest BCUT2D eigenvalue weighted by Crippen LogP contribution is 2.28. The molecule has 0 bridgehead atoms. The maximum absolute atomic E-state index is 12.1. The molecule has 0 atom stereocenters. The summed E-state index contributed by atoms with van der Waals surface area (Å²) >= 11 is 1.43. The van der Waals surface area contributed by atoms with Crippen molar-refractivity contribution in [1.29, 1.82) is 0 Å². The minimum Gasteiger partial charge on any atom is -0.395 e. The van der Waals surface area contributed by atoms with Crippen LogP contribution in [-0.4, -0.2) is 45.9 Å². The largest absolute Gasteiger partial charge is 0.395 e. The van der Waals surface area contributed by atoms with Crippen LogP contribution in [0, 0.1) is 0 Å². The lowest BCUT2D eigenvalue weighted by molar-refractivity contribution is 0.188. The Morgan fingerprint density at radius 2 is 2.00 bits per heavy atom. The molecule has 114 valence electrons.